The van der Waals surface area contributed by atoms with Gasteiger partial charge in [-0.05, 0) is 52.9 Å². The van der Waals surface area contributed by atoms with Crippen molar-refractivity contribution in [2.75, 3.05) is 0 Å². The van der Waals surface area contributed by atoms with E-state index in [0.29, 0.717) is 22.1 Å². The fourth-order valence-electron chi connectivity index (χ4n) is 1.35. The number of hydrogen-bond donors (Lipinski definition) is 0. The first kappa shape index (κ1) is 12.4. The fourth-order valence-corrected chi connectivity index (χ4v) is 2.03. The van der Waals surface area contributed by atoms with Crippen LogP contribution < -0.4 is 4.74 Å². The predicted octanol–water partition coefficient (Wildman–Crippen LogP) is 4.55. The van der Waals surface area contributed by atoms with Crippen molar-refractivity contribution < 1.29 is 9.53 Å². The van der Waals surface area contributed by atoms with E-state index in [1.165, 1.54) is 0 Å². The first-order valence-electron chi connectivity index (χ1n) is 4.87. The monoisotopic (exact) mass is 358 g/mol. The Kier molecular flexibility index (Phi) is 4.02. The number of hydrogen-bond acceptors (Lipinski definition) is 2. The molecule has 0 aliphatic carbocycles. The molecule has 2 nitrogen and oxygen atoms in total. The van der Waals surface area contributed by atoms with Gasteiger partial charge < -0.3 is 4.74 Å². The highest BCUT2D eigenvalue weighted by atomic mass is 127. The lowest BCUT2D eigenvalue weighted by atomic mass is 10.2. The van der Waals surface area contributed by atoms with Crippen molar-refractivity contribution in [1.82, 2.24) is 0 Å². The second-order valence-electron chi connectivity index (χ2n) is 3.36. The van der Waals surface area contributed by atoms with Gasteiger partial charge in [0.05, 0.1) is 5.56 Å². The van der Waals surface area contributed by atoms with Gasteiger partial charge in [0.2, 0.25) is 0 Å². The molecule has 0 fully saturated rings. The maximum atomic E-state index is 10.9. The smallest absolute Gasteiger partial charge is 0.153 e. The Morgan fingerprint density at radius 2 is 2.00 bits per heavy atom. The van der Waals surface area contributed by atoms with Crippen molar-refractivity contribution in [3.8, 4) is 11.5 Å². The molecule has 2 aromatic rings. The average Bonchev–Trinajstić information content (AvgIpc) is 2.29. The number of carbonyl (C=O) groups is 1. The van der Waals surface area contributed by atoms with Crippen molar-refractivity contribution in [1.29, 1.82) is 0 Å². The Labute approximate surface area is 118 Å². The fraction of sp³-hybridized carbons (Fsp3) is 0. The molecule has 0 aromatic heterocycles. The molecule has 0 N–H and O–H groups in total. The van der Waals surface area contributed by atoms with Gasteiger partial charge in [0.1, 0.15) is 11.5 Å². The summed E-state index contributed by atoms with van der Waals surface area (Å²) in [7, 11) is 0. The zero-order valence-corrected chi connectivity index (χ0v) is 11.6. The number of ether oxygens (including phenoxy) is 1. The van der Waals surface area contributed by atoms with E-state index in [0.717, 1.165) is 9.86 Å². The Hall–Kier alpha value is -1.07. The largest absolute Gasteiger partial charge is 0.457 e. The summed E-state index contributed by atoms with van der Waals surface area (Å²) in [6.45, 7) is 0. The molecular weight excluding hydrogens is 350 g/mol. The first-order valence-corrected chi connectivity index (χ1v) is 6.33. The lowest BCUT2D eigenvalue weighted by Gasteiger charge is -2.08. The van der Waals surface area contributed by atoms with Crippen LogP contribution in [0.1, 0.15) is 10.4 Å². The highest BCUT2D eigenvalue weighted by Crippen LogP contribution is 2.28. The van der Waals surface area contributed by atoms with Crippen molar-refractivity contribution in [2.45, 2.75) is 0 Å². The standard InChI is InChI=1S/C13H8ClIO2/c14-10-5-4-9(8-16)13(6-10)17-12-3-1-2-11(15)7-12/h1-8H. The van der Waals surface area contributed by atoms with Gasteiger partial charge in [0, 0.05) is 14.7 Å². The van der Waals surface area contributed by atoms with Crippen LogP contribution in [0.3, 0.4) is 0 Å². The third-order valence-electron chi connectivity index (χ3n) is 2.13. The van der Waals surface area contributed by atoms with Gasteiger partial charge in [0.15, 0.2) is 6.29 Å². The van der Waals surface area contributed by atoms with Crippen LogP contribution in [-0.4, -0.2) is 6.29 Å². The van der Waals surface area contributed by atoms with E-state index in [9.17, 15) is 4.79 Å². The number of carbonyl (C=O) groups excluding carboxylic acids is 1. The van der Waals surface area contributed by atoms with Crippen molar-refractivity contribution in [3.05, 3.63) is 56.6 Å². The zero-order chi connectivity index (χ0) is 12.3. The summed E-state index contributed by atoms with van der Waals surface area (Å²) >= 11 is 8.07. The van der Waals surface area contributed by atoms with Crippen LogP contribution in [0, 0.1) is 3.57 Å². The van der Waals surface area contributed by atoms with Crippen molar-refractivity contribution in [3.63, 3.8) is 0 Å². The van der Waals surface area contributed by atoms with E-state index in [4.69, 9.17) is 16.3 Å². The van der Waals surface area contributed by atoms with Gasteiger partial charge in [0.25, 0.3) is 0 Å². The molecule has 86 valence electrons. The summed E-state index contributed by atoms with van der Waals surface area (Å²) in [6, 6.07) is 12.5. The van der Waals surface area contributed by atoms with Gasteiger partial charge >= 0.3 is 0 Å². The van der Waals surface area contributed by atoms with E-state index in [2.05, 4.69) is 22.6 Å². The average molecular weight is 359 g/mol. The molecule has 4 heteroatoms. The molecule has 0 bridgehead atoms. The summed E-state index contributed by atoms with van der Waals surface area (Å²) in [5, 5.41) is 0.538. The highest BCUT2D eigenvalue weighted by Gasteiger charge is 2.05. The molecule has 2 rings (SSSR count). The van der Waals surface area contributed by atoms with Gasteiger partial charge in [-0.3, -0.25) is 4.79 Å². The molecule has 2 aromatic carbocycles. The van der Waals surface area contributed by atoms with Crippen molar-refractivity contribution in [2.24, 2.45) is 0 Å². The normalized spacial score (nSPS) is 10.0. The molecule has 17 heavy (non-hydrogen) atoms. The maximum absolute atomic E-state index is 10.9. The van der Waals surface area contributed by atoms with Gasteiger partial charge in [-0.1, -0.05) is 17.7 Å². The minimum absolute atomic E-state index is 0.467. The van der Waals surface area contributed by atoms with E-state index >= 15 is 0 Å². The SMILES string of the molecule is O=Cc1ccc(Cl)cc1Oc1cccc(I)c1. The van der Waals surface area contributed by atoms with Gasteiger partial charge in [-0.25, -0.2) is 0 Å². The molecule has 0 aliphatic rings. The van der Waals surface area contributed by atoms with E-state index in [1.54, 1.807) is 18.2 Å². The zero-order valence-electron chi connectivity index (χ0n) is 8.69. The molecule has 0 saturated heterocycles. The summed E-state index contributed by atoms with van der Waals surface area (Å²) < 4.78 is 6.71. The molecule has 0 aliphatic heterocycles. The molecule has 0 spiro atoms. The number of benzene rings is 2. The minimum atomic E-state index is 0.467. The van der Waals surface area contributed by atoms with Crippen LogP contribution in [0.4, 0.5) is 0 Å². The maximum Gasteiger partial charge on any atom is 0.153 e. The molecule has 0 heterocycles. The topological polar surface area (TPSA) is 26.3 Å². The van der Waals surface area contributed by atoms with Gasteiger partial charge in [-0.15, -0.1) is 0 Å². The molecule has 0 saturated carbocycles. The van der Waals surface area contributed by atoms with Crippen molar-refractivity contribution >= 4 is 40.5 Å². The number of aldehydes is 1. The van der Waals surface area contributed by atoms with Crippen LogP contribution in [0.15, 0.2) is 42.5 Å². The molecular formula is C13H8ClIO2. The van der Waals surface area contributed by atoms with Crippen LogP contribution in [0.25, 0.3) is 0 Å². The summed E-state index contributed by atoms with van der Waals surface area (Å²) in [5.41, 5.74) is 0.480. The third kappa shape index (κ3) is 3.20. The van der Waals surface area contributed by atoms with Gasteiger partial charge in [-0.2, -0.15) is 0 Å². The summed E-state index contributed by atoms with van der Waals surface area (Å²) in [4.78, 5) is 10.9. The van der Waals surface area contributed by atoms with E-state index in [-0.39, 0.29) is 0 Å². The predicted molar refractivity (Wildman–Crippen MR) is 76.1 cm³/mol. The van der Waals surface area contributed by atoms with Crippen LogP contribution in [-0.2, 0) is 0 Å². The highest BCUT2D eigenvalue weighted by molar-refractivity contribution is 14.1. The van der Waals surface area contributed by atoms with Crippen LogP contribution in [0.5, 0.6) is 11.5 Å². The van der Waals surface area contributed by atoms with E-state index < -0.39 is 0 Å². The third-order valence-corrected chi connectivity index (χ3v) is 3.03. The Morgan fingerprint density at radius 1 is 1.18 bits per heavy atom. The Balaban J connectivity index is 2.35. The Bertz CT molecular complexity index is 555. The first-order chi connectivity index (χ1) is 8.19. The Morgan fingerprint density at radius 3 is 2.71 bits per heavy atom. The number of rotatable bonds is 3. The minimum Gasteiger partial charge on any atom is -0.457 e. The lowest BCUT2D eigenvalue weighted by Crippen LogP contribution is -1.90. The lowest BCUT2D eigenvalue weighted by molar-refractivity contribution is 0.112. The second-order valence-corrected chi connectivity index (χ2v) is 5.04. The molecule has 0 unspecified atom stereocenters. The molecule has 0 atom stereocenters. The van der Waals surface area contributed by atoms with Crippen LogP contribution >= 0.6 is 34.2 Å². The molecule has 0 radical (unpaired) electrons. The number of halogens is 2. The molecule has 0 amide bonds. The summed E-state index contributed by atoms with van der Waals surface area (Å²) in [6.07, 6.45) is 0.750. The van der Waals surface area contributed by atoms with E-state index in [1.807, 2.05) is 24.3 Å². The second kappa shape index (κ2) is 5.51. The quantitative estimate of drug-likeness (QED) is 0.594. The summed E-state index contributed by atoms with van der Waals surface area (Å²) in [5.74, 6) is 1.15. The van der Waals surface area contributed by atoms with Crippen LogP contribution in [0.2, 0.25) is 5.02 Å².